The van der Waals surface area contributed by atoms with Crippen molar-refractivity contribution in [2.45, 2.75) is 26.7 Å². The van der Waals surface area contributed by atoms with Crippen LogP contribution in [-0.2, 0) is 0 Å². The highest BCUT2D eigenvalue weighted by molar-refractivity contribution is 9.10. The zero-order valence-electron chi connectivity index (χ0n) is 11.6. The van der Waals surface area contributed by atoms with Gasteiger partial charge in [-0.15, -0.1) is 0 Å². The summed E-state index contributed by atoms with van der Waals surface area (Å²) in [4.78, 5) is 12.2. The van der Waals surface area contributed by atoms with E-state index in [0.29, 0.717) is 11.4 Å². The number of aryl methyl sites for hydroxylation is 1. The minimum absolute atomic E-state index is 0.190. The third kappa shape index (κ3) is 2.85. The highest BCUT2D eigenvalue weighted by atomic mass is 79.9. The number of nitrogens with one attached hydrogen (secondary N) is 2. The molecule has 1 amide bonds. The second kappa shape index (κ2) is 5.66. The number of hydrogen-bond acceptors (Lipinski definition) is 3. The van der Waals surface area contributed by atoms with Crippen LogP contribution in [0.4, 0.5) is 11.4 Å². The number of H-pyrrole nitrogens is 1. The molecular formula is C14H17BrN4O. The number of benzene rings is 1. The van der Waals surface area contributed by atoms with Crippen molar-refractivity contribution >= 4 is 33.2 Å². The topological polar surface area (TPSA) is 83.8 Å². The van der Waals surface area contributed by atoms with E-state index in [4.69, 9.17) is 5.73 Å². The summed E-state index contributed by atoms with van der Waals surface area (Å²) in [5.74, 6) is -0.133. The fourth-order valence-corrected chi connectivity index (χ4v) is 2.24. The van der Waals surface area contributed by atoms with Crippen molar-refractivity contribution in [2.24, 2.45) is 0 Å². The molecule has 2 aromatic rings. The lowest BCUT2D eigenvalue weighted by Gasteiger charge is -2.08. The summed E-state index contributed by atoms with van der Waals surface area (Å²) in [5, 5.41) is 9.64. The summed E-state index contributed by atoms with van der Waals surface area (Å²) >= 11 is 3.40. The Hall–Kier alpha value is -1.82. The number of hydrogen-bond donors (Lipinski definition) is 3. The largest absolute Gasteiger partial charge is 0.395 e. The maximum Gasteiger partial charge on any atom is 0.278 e. The van der Waals surface area contributed by atoms with Gasteiger partial charge in [0.15, 0.2) is 5.69 Å². The van der Waals surface area contributed by atoms with Crippen LogP contribution < -0.4 is 11.1 Å². The molecule has 1 aromatic carbocycles. The third-order valence-electron chi connectivity index (χ3n) is 3.00. The van der Waals surface area contributed by atoms with Gasteiger partial charge in [0.25, 0.3) is 5.91 Å². The molecule has 0 bridgehead atoms. The predicted molar refractivity (Wildman–Crippen MR) is 83.9 cm³/mol. The van der Waals surface area contributed by atoms with Gasteiger partial charge < -0.3 is 11.1 Å². The van der Waals surface area contributed by atoms with Gasteiger partial charge in [0, 0.05) is 4.47 Å². The number of nitrogens with zero attached hydrogens (tertiary/aromatic N) is 1. The third-order valence-corrected chi connectivity index (χ3v) is 3.69. The molecule has 0 saturated carbocycles. The summed E-state index contributed by atoms with van der Waals surface area (Å²) in [6.07, 6.45) is 0. The Bertz CT molecular complexity index is 649. The fourth-order valence-electron chi connectivity index (χ4n) is 1.89. The molecule has 1 aromatic heterocycles. The van der Waals surface area contributed by atoms with Crippen LogP contribution in [0.1, 0.15) is 41.5 Å². The number of amides is 1. The summed E-state index contributed by atoms with van der Waals surface area (Å²) < 4.78 is 0.814. The zero-order chi connectivity index (χ0) is 14.9. The van der Waals surface area contributed by atoms with E-state index >= 15 is 0 Å². The van der Waals surface area contributed by atoms with Crippen LogP contribution in [0.25, 0.3) is 0 Å². The Balaban J connectivity index is 2.26. The molecule has 0 fully saturated rings. The fraction of sp³-hybridized carbons (Fsp3) is 0.286. The Morgan fingerprint density at radius 3 is 2.75 bits per heavy atom. The number of aromatic nitrogens is 2. The zero-order valence-corrected chi connectivity index (χ0v) is 13.2. The Morgan fingerprint density at radius 1 is 1.45 bits per heavy atom. The monoisotopic (exact) mass is 336 g/mol. The van der Waals surface area contributed by atoms with E-state index in [2.05, 4.69) is 31.4 Å². The van der Waals surface area contributed by atoms with Gasteiger partial charge in [-0.2, -0.15) is 5.10 Å². The number of nitrogens with two attached hydrogens (primary N) is 1. The van der Waals surface area contributed by atoms with Gasteiger partial charge in [-0.1, -0.05) is 19.9 Å². The standard InChI is InChI=1S/C14H17BrN4O/c1-7(2)12-11(16)13(19-18-12)14(20)17-10-6-8(3)4-5-9(10)15/h4-7H,16H2,1-3H3,(H,17,20)(H,18,19). The number of nitrogen functional groups attached to an aromatic ring is 1. The lowest BCUT2D eigenvalue weighted by molar-refractivity contribution is 0.102. The lowest BCUT2D eigenvalue weighted by Crippen LogP contribution is -2.15. The van der Waals surface area contributed by atoms with Crippen molar-refractivity contribution in [3.8, 4) is 0 Å². The smallest absolute Gasteiger partial charge is 0.278 e. The molecule has 0 spiro atoms. The molecule has 0 atom stereocenters. The molecular weight excluding hydrogens is 320 g/mol. The van der Waals surface area contributed by atoms with Crippen LogP contribution in [0.3, 0.4) is 0 Å². The highest BCUT2D eigenvalue weighted by Gasteiger charge is 2.19. The van der Waals surface area contributed by atoms with E-state index in [1.165, 1.54) is 0 Å². The van der Waals surface area contributed by atoms with Gasteiger partial charge in [0.05, 0.1) is 17.1 Å². The molecule has 2 rings (SSSR count). The number of rotatable bonds is 3. The van der Waals surface area contributed by atoms with Gasteiger partial charge in [-0.3, -0.25) is 9.89 Å². The van der Waals surface area contributed by atoms with E-state index < -0.39 is 0 Å². The van der Waals surface area contributed by atoms with Crippen molar-refractivity contribution in [3.05, 3.63) is 39.6 Å². The molecule has 1 heterocycles. The average molecular weight is 337 g/mol. The minimum Gasteiger partial charge on any atom is -0.395 e. The first-order chi connectivity index (χ1) is 9.40. The molecule has 0 aliphatic carbocycles. The number of anilines is 2. The van der Waals surface area contributed by atoms with Crippen molar-refractivity contribution in [1.29, 1.82) is 0 Å². The summed E-state index contributed by atoms with van der Waals surface area (Å²) in [6.45, 7) is 5.94. The van der Waals surface area contributed by atoms with Crippen LogP contribution in [0.5, 0.6) is 0 Å². The van der Waals surface area contributed by atoms with Gasteiger partial charge >= 0.3 is 0 Å². The van der Waals surface area contributed by atoms with Crippen molar-refractivity contribution < 1.29 is 4.79 Å². The maximum absolute atomic E-state index is 12.2. The maximum atomic E-state index is 12.2. The molecule has 0 radical (unpaired) electrons. The van der Waals surface area contributed by atoms with Crippen LogP contribution in [0, 0.1) is 6.92 Å². The SMILES string of the molecule is Cc1ccc(Br)c(NC(=O)c2n[nH]c(C(C)C)c2N)c1. The molecule has 5 nitrogen and oxygen atoms in total. The molecule has 0 unspecified atom stereocenters. The Labute approximate surface area is 126 Å². The second-order valence-corrected chi connectivity index (χ2v) is 5.85. The Kier molecular flexibility index (Phi) is 4.13. The van der Waals surface area contributed by atoms with Gasteiger partial charge in [-0.25, -0.2) is 0 Å². The quantitative estimate of drug-likeness (QED) is 0.802. The Morgan fingerprint density at radius 2 is 2.15 bits per heavy atom. The summed E-state index contributed by atoms with van der Waals surface area (Å²) in [6, 6.07) is 5.73. The first-order valence-electron chi connectivity index (χ1n) is 6.31. The molecule has 0 aliphatic rings. The second-order valence-electron chi connectivity index (χ2n) is 4.99. The van der Waals surface area contributed by atoms with Crippen LogP contribution in [0.2, 0.25) is 0 Å². The first-order valence-corrected chi connectivity index (χ1v) is 7.10. The van der Waals surface area contributed by atoms with E-state index in [9.17, 15) is 4.79 Å². The summed E-state index contributed by atoms with van der Waals surface area (Å²) in [7, 11) is 0. The van der Waals surface area contributed by atoms with E-state index in [-0.39, 0.29) is 17.5 Å². The number of carbonyl (C=O) groups excluding carboxylic acids is 1. The minimum atomic E-state index is -0.322. The molecule has 4 N–H and O–H groups in total. The van der Waals surface area contributed by atoms with Gasteiger partial charge in [0.1, 0.15) is 0 Å². The van der Waals surface area contributed by atoms with Gasteiger partial charge in [0.2, 0.25) is 0 Å². The van der Waals surface area contributed by atoms with Crippen molar-refractivity contribution in [1.82, 2.24) is 10.2 Å². The van der Waals surface area contributed by atoms with Crippen molar-refractivity contribution in [3.63, 3.8) is 0 Å². The van der Waals surface area contributed by atoms with Gasteiger partial charge in [-0.05, 0) is 46.5 Å². The van der Waals surface area contributed by atoms with Crippen LogP contribution >= 0.6 is 15.9 Å². The lowest BCUT2D eigenvalue weighted by atomic mass is 10.1. The number of halogens is 1. The van der Waals surface area contributed by atoms with Crippen molar-refractivity contribution in [2.75, 3.05) is 11.1 Å². The summed E-state index contributed by atoms with van der Waals surface area (Å²) in [5.41, 5.74) is 9.12. The normalized spacial score (nSPS) is 10.8. The molecule has 0 aliphatic heterocycles. The molecule has 0 saturated heterocycles. The van der Waals surface area contributed by atoms with E-state index in [1.54, 1.807) is 0 Å². The highest BCUT2D eigenvalue weighted by Crippen LogP contribution is 2.26. The van der Waals surface area contributed by atoms with Crippen LogP contribution in [-0.4, -0.2) is 16.1 Å². The molecule has 6 heteroatoms. The predicted octanol–water partition coefficient (Wildman–Crippen LogP) is 3.44. The number of carbonyl (C=O) groups is 1. The molecule has 106 valence electrons. The van der Waals surface area contributed by atoms with E-state index in [0.717, 1.165) is 15.7 Å². The molecule has 20 heavy (non-hydrogen) atoms. The first kappa shape index (κ1) is 14.6. The van der Waals surface area contributed by atoms with Crippen LogP contribution in [0.15, 0.2) is 22.7 Å². The average Bonchev–Trinajstić information content (AvgIpc) is 2.76. The number of aromatic amines is 1. The van der Waals surface area contributed by atoms with E-state index in [1.807, 2.05) is 39.0 Å².